The molecule has 1 aromatic rings. The lowest BCUT2D eigenvalue weighted by Crippen LogP contribution is -2.54. The van der Waals surface area contributed by atoms with Crippen molar-refractivity contribution in [2.75, 3.05) is 33.2 Å². The van der Waals surface area contributed by atoms with E-state index in [1.165, 1.54) is 0 Å². The maximum absolute atomic E-state index is 12.5. The topological polar surface area (TPSA) is 69.9 Å². The summed E-state index contributed by atoms with van der Waals surface area (Å²) in [6, 6.07) is 1.64. The van der Waals surface area contributed by atoms with Gasteiger partial charge in [-0.25, -0.2) is 0 Å². The number of likely N-dealkylation sites (N-methyl/N-ethyl adjacent to an activating group) is 1. The molecule has 1 saturated heterocycles. The maximum Gasteiger partial charge on any atom is 0.239 e. The van der Waals surface area contributed by atoms with Crippen LogP contribution in [0.2, 0.25) is 0 Å². The van der Waals surface area contributed by atoms with E-state index in [-0.39, 0.29) is 17.9 Å². The van der Waals surface area contributed by atoms with Crippen LogP contribution in [0.5, 0.6) is 0 Å². The van der Waals surface area contributed by atoms with Gasteiger partial charge in [0.25, 0.3) is 0 Å². The van der Waals surface area contributed by atoms with Crippen molar-refractivity contribution in [2.45, 2.75) is 33.4 Å². The Kier molecular flexibility index (Phi) is 5.18. The van der Waals surface area contributed by atoms with E-state index in [1.54, 1.807) is 11.8 Å². The van der Waals surface area contributed by atoms with Gasteiger partial charge in [-0.05, 0) is 20.9 Å². The van der Waals surface area contributed by atoms with Crippen molar-refractivity contribution in [3.05, 3.63) is 17.5 Å². The minimum Gasteiger partial charge on any atom is -0.361 e. The van der Waals surface area contributed by atoms with Crippen LogP contribution < -0.4 is 0 Å². The van der Waals surface area contributed by atoms with Crippen LogP contribution >= 0.6 is 0 Å². The molecule has 1 aliphatic rings. The molecule has 1 aliphatic heterocycles. The first-order valence-electron chi connectivity index (χ1n) is 7.55. The summed E-state index contributed by atoms with van der Waals surface area (Å²) in [5.74, 6) is 0.923. The summed E-state index contributed by atoms with van der Waals surface area (Å²) in [7, 11) is 1.90. The molecule has 7 heteroatoms. The molecule has 7 nitrogen and oxygen atoms in total. The van der Waals surface area contributed by atoms with Crippen LogP contribution in [-0.2, 0) is 16.1 Å². The maximum atomic E-state index is 12.5. The number of aromatic nitrogens is 1. The quantitative estimate of drug-likeness (QED) is 0.810. The van der Waals surface area contributed by atoms with E-state index in [9.17, 15) is 9.59 Å². The number of nitrogens with zero attached hydrogens (tertiary/aromatic N) is 4. The molecule has 0 spiro atoms. The molecule has 1 fully saturated rings. The average Bonchev–Trinajstić information content (AvgIpc) is 2.90. The highest BCUT2D eigenvalue weighted by atomic mass is 16.5. The summed E-state index contributed by atoms with van der Waals surface area (Å²) in [5, 5.41) is 3.95. The molecule has 0 aromatic carbocycles. The van der Waals surface area contributed by atoms with E-state index < -0.39 is 0 Å². The monoisotopic (exact) mass is 308 g/mol. The van der Waals surface area contributed by atoms with E-state index >= 15 is 0 Å². The smallest absolute Gasteiger partial charge is 0.239 e. The van der Waals surface area contributed by atoms with E-state index in [1.807, 2.05) is 36.8 Å². The van der Waals surface area contributed by atoms with Crippen molar-refractivity contribution in [3.8, 4) is 0 Å². The van der Waals surface area contributed by atoms with Crippen LogP contribution in [-0.4, -0.2) is 70.9 Å². The fourth-order valence-electron chi connectivity index (χ4n) is 2.58. The highest BCUT2D eigenvalue weighted by molar-refractivity contribution is 5.82. The molecule has 122 valence electrons. The Morgan fingerprint density at radius 1 is 1.32 bits per heavy atom. The zero-order valence-corrected chi connectivity index (χ0v) is 13.7. The number of carbonyl (C=O) groups excluding carboxylic acids is 2. The van der Waals surface area contributed by atoms with Crippen molar-refractivity contribution in [1.29, 1.82) is 0 Å². The zero-order chi connectivity index (χ0) is 16.3. The Morgan fingerprint density at radius 3 is 2.41 bits per heavy atom. The van der Waals surface area contributed by atoms with Gasteiger partial charge in [0, 0.05) is 45.7 Å². The summed E-state index contributed by atoms with van der Waals surface area (Å²) in [6.45, 7) is 8.29. The summed E-state index contributed by atoms with van der Waals surface area (Å²) in [4.78, 5) is 29.4. The Balaban J connectivity index is 1.87. The van der Waals surface area contributed by atoms with Crippen molar-refractivity contribution in [2.24, 2.45) is 0 Å². The molecule has 2 amide bonds. The molecule has 22 heavy (non-hydrogen) atoms. The molecule has 1 unspecified atom stereocenters. The van der Waals surface area contributed by atoms with Crippen LogP contribution in [0.25, 0.3) is 0 Å². The van der Waals surface area contributed by atoms with Gasteiger partial charge in [-0.2, -0.15) is 0 Å². The van der Waals surface area contributed by atoms with Gasteiger partial charge >= 0.3 is 0 Å². The van der Waals surface area contributed by atoms with E-state index in [4.69, 9.17) is 4.52 Å². The minimum atomic E-state index is -0.235. The second-order valence-electron chi connectivity index (χ2n) is 5.85. The van der Waals surface area contributed by atoms with Gasteiger partial charge in [0.15, 0.2) is 0 Å². The molecule has 0 saturated carbocycles. The Bertz CT molecular complexity index is 535. The third-order valence-corrected chi connectivity index (χ3v) is 4.14. The largest absolute Gasteiger partial charge is 0.361 e. The van der Waals surface area contributed by atoms with Crippen molar-refractivity contribution in [1.82, 2.24) is 19.9 Å². The number of hydrogen-bond donors (Lipinski definition) is 0. The summed E-state index contributed by atoms with van der Waals surface area (Å²) >= 11 is 0. The van der Waals surface area contributed by atoms with Crippen molar-refractivity contribution in [3.63, 3.8) is 0 Å². The molecule has 2 rings (SSSR count). The number of piperazine rings is 1. The van der Waals surface area contributed by atoms with E-state index in [0.29, 0.717) is 32.7 Å². The lowest BCUT2D eigenvalue weighted by molar-refractivity contribution is -0.141. The second kappa shape index (κ2) is 6.91. The minimum absolute atomic E-state index is 0.0682. The fraction of sp³-hybridized carbons (Fsp3) is 0.667. The second-order valence-corrected chi connectivity index (χ2v) is 5.85. The van der Waals surface area contributed by atoms with Crippen LogP contribution in [0.1, 0.15) is 25.3 Å². The molecule has 1 aromatic heterocycles. The fourth-order valence-corrected chi connectivity index (χ4v) is 2.58. The summed E-state index contributed by atoms with van der Waals surface area (Å²) in [5.41, 5.74) is 0.820. The predicted molar refractivity (Wildman–Crippen MR) is 81.0 cm³/mol. The molecule has 1 atom stereocenters. The number of aryl methyl sites for hydroxylation is 1. The van der Waals surface area contributed by atoms with Crippen LogP contribution in [0.4, 0.5) is 0 Å². The van der Waals surface area contributed by atoms with Crippen molar-refractivity contribution >= 4 is 11.8 Å². The van der Waals surface area contributed by atoms with Gasteiger partial charge in [0.1, 0.15) is 5.76 Å². The highest BCUT2D eigenvalue weighted by Gasteiger charge is 2.28. The van der Waals surface area contributed by atoms with Crippen LogP contribution in [0, 0.1) is 6.92 Å². The number of carbonyl (C=O) groups is 2. The molecule has 0 N–H and O–H groups in total. The number of rotatable bonds is 4. The molecule has 0 bridgehead atoms. The first-order chi connectivity index (χ1) is 10.4. The zero-order valence-electron chi connectivity index (χ0n) is 13.7. The van der Waals surface area contributed by atoms with Crippen LogP contribution in [0.15, 0.2) is 10.6 Å². The van der Waals surface area contributed by atoms with Crippen LogP contribution in [0.3, 0.4) is 0 Å². The Hall–Kier alpha value is -1.89. The van der Waals surface area contributed by atoms with E-state index in [0.717, 1.165) is 11.5 Å². The summed E-state index contributed by atoms with van der Waals surface area (Å²) in [6.07, 6.45) is 0. The third kappa shape index (κ3) is 3.85. The average molecular weight is 308 g/mol. The lowest BCUT2D eigenvalue weighted by atomic mass is 10.2. The standard InChI is InChI=1S/C15H24N4O3/c1-11-9-14(16-22-11)10-17(4)12(2)15(21)19-7-5-18(6-8-19)13(3)20/h9,12H,5-8,10H2,1-4H3. The van der Waals surface area contributed by atoms with Gasteiger partial charge < -0.3 is 14.3 Å². The van der Waals surface area contributed by atoms with E-state index in [2.05, 4.69) is 5.16 Å². The SMILES string of the molecule is CC(=O)N1CCN(C(=O)C(C)N(C)Cc2cc(C)on2)CC1. The first kappa shape index (κ1) is 16.5. The van der Waals surface area contributed by atoms with Gasteiger partial charge in [-0.3, -0.25) is 14.5 Å². The lowest BCUT2D eigenvalue weighted by Gasteiger charge is -2.37. The van der Waals surface area contributed by atoms with Gasteiger partial charge in [-0.15, -0.1) is 0 Å². The highest BCUT2D eigenvalue weighted by Crippen LogP contribution is 2.11. The van der Waals surface area contributed by atoms with Crippen molar-refractivity contribution < 1.29 is 14.1 Å². The van der Waals surface area contributed by atoms with Gasteiger partial charge in [-0.1, -0.05) is 5.16 Å². The van der Waals surface area contributed by atoms with Gasteiger partial charge in [0.2, 0.25) is 11.8 Å². The number of amides is 2. The Labute approximate surface area is 130 Å². The Morgan fingerprint density at radius 2 is 1.91 bits per heavy atom. The predicted octanol–water partition coefficient (Wildman–Crippen LogP) is 0.494. The molecular weight excluding hydrogens is 284 g/mol. The first-order valence-corrected chi connectivity index (χ1v) is 7.55. The molecule has 0 aliphatic carbocycles. The number of hydrogen-bond acceptors (Lipinski definition) is 5. The normalized spacial score (nSPS) is 17.0. The molecular formula is C15H24N4O3. The molecule has 0 radical (unpaired) electrons. The summed E-state index contributed by atoms with van der Waals surface area (Å²) < 4.78 is 5.05. The van der Waals surface area contributed by atoms with Gasteiger partial charge in [0.05, 0.1) is 11.7 Å². The molecule has 2 heterocycles. The third-order valence-electron chi connectivity index (χ3n) is 4.14.